The molecule has 3 aromatic carbocycles. The Bertz CT molecular complexity index is 1440. The van der Waals surface area contributed by atoms with Gasteiger partial charge in [-0.25, -0.2) is 0 Å². The van der Waals surface area contributed by atoms with Gasteiger partial charge >= 0.3 is 6.36 Å². The number of carbonyl (C=O) groups excluding carboxylic acids is 2. The number of aromatic hydroxyl groups is 2. The minimum atomic E-state index is -4.78. The van der Waals surface area contributed by atoms with Crippen molar-refractivity contribution in [1.82, 2.24) is 4.90 Å². The van der Waals surface area contributed by atoms with Gasteiger partial charge in [0.1, 0.15) is 17.2 Å². The van der Waals surface area contributed by atoms with Gasteiger partial charge in [-0.05, 0) is 76.5 Å². The number of ether oxygens (including phenoxy) is 1. The van der Waals surface area contributed by atoms with E-state index in [0.717, 1.165) is 11.6 Å². The number of nitrogens with zero attached hydrogens (tertiary/aromatic N) is 2. The molecule has 0 saturated heterocycles. The third-order valence-electron chi connectivity index (χ3n) is 5.73. The van der Waals surface area contributed by atoms with Crippen molar-refractivity contribution in [2.24, 2.45) is 0 Å². The number of thiophene rings is 1. The van der Waals surface area contributed by atoms with Crippen LogP contribution in [-0.4, -0.2) is 40.3 Å². The minimum absolute atomic E-state index is 0.00886. The fraction of sp³-hybridized carbons (Fsp3) is 0.143. The standard InChI is InChI=1S/C28H23F3N2O5S/c1-32(15-18-2-9-23(10-3-18)38-28(29,30)31)26(36)20-4-6-21(7-5-20)33(16-19-12-13-39-17-19)27(37)24-11-8-22(34)14-25(24)35/h2-14,17,34-35H,15-16H2,1H3. The summed E-state index contributed by atoms with van der Waals surface area (Å²) in [5.41, 5.74) is 2.32. The monoisotopic (exact) mass is 556 g/mol. The number of rotatable bonds is 8. The van der Waals surface area contributed by atoms with Crippen molar-refractivity contribution in [2.45, 2.75) is 19.5 Å². The average Bonchev–Trinajstić information content (AvgIpc) is 3.40. The summed E-state index contributed by atoms with van der Waals surface area (Å²) in [5, 5.41) is 23.6. The molecular formula is C28H23F3N2O5S. The lowest BCUT2D eigenvalue weighted by Gasteiger charge is -2.24. The molecule has 4 rings (SSSR count). The fourth-order valence-electron chi connectivity index (χ4n) is 3.84. The Hall–Kier alpha value is -4.51. The number of hydrogen-bond donors (Lipinski definition) is 2. The first-order valence-electron chi connectivity index (χ1n) is 11.6. The van der Waals surface area contributed by atoms with Gasteiger partial charge in [0, 0.05) is 30.9 Å². The fourth-order valence-corrected chi connectivity index (χ4v) is 4.50. The van der Waals surface area contributed by atoms with Crippen molar-refractivity contribution in [3.8, 4) is 17.2 Å². The van der Waals surface area contributed by atoms with Crippen LogP contribution in [0.15, 0.2) is 83.6 Å². The first kappa shape index (κ1) is 27.5. The molecule has 0 radical (unpaired) electrons. The second-order valence-electron chi connectivity index (χ2n) is 8.62. The zero-order valence-electron chi connectivity index (χ0n) is 20.6. The molecule has 0 aliphatic carbocycles. The van der Waals surface area contributed by atoms with E-state index in [-0.39, 0.29) is 41.8 Å². The summed E-state index contributed by atoms with van der Waals surface area (Å²) in [6.07, 6.45) is -4.78. The lowest BCUT2D eigenvalue weighted by molar-refractivity contribution is -0.274. The van der Waals surface area contributed by atoms with Crippen molar-refractivity contribution in [3.05, 3.63) is 106 Å². The Kier molecular flexibility index (Phi) is 8.10. The van der Waals surface area contributed by atoms with Gasteiger partial charge in [0.05, 0.1) is 12.1 Å². The highest BCUT2D eigenvalue weighted by atomic mass is 32.1. The summed E-state index contributed by atoms with van der Waals surface area (Å²) in [5.74, 6) is -1.71. The molecule has 1 aromatic heterocycles. The predicted octanol–water partition coefficient (Wildman–Crippen LogP) is 6.18. The van der Waals surface area contributed by atoms with Crippen LogP contribution in [0.2, 0.25) is 0 Å². The van der Waals surface area contributed by atoms with Crippen LogP contribution in [-0.2, 0) is 13.1 Å². The Balaban J connectivity index is 1.50. The van der Waals surface area contributed by atoms with Crippen LogP contribution >= 0.6 is 11.3 Å². The molecule has 0 aliphatic rings. The topological polar surface area (TPSA) is 90.3 Å². The van der Waals surface area contributed by atoms with Crippen LogP contribution in [0.3, 0.4) is 0 Å². The quantitative estimate of drug-likeness (QED) is 0.271. The van der Waals surface area contributed by atoms with E-state index < -0.39 is 12.3 Å². The first-order valence-corrected chi connectivity index (χ1v) is 12.5. The zero-order valence-corrected chi connectivity index (χ0v) is 21.4. The summed E-state index contributed by atoms with van der Waals surface area (Å²) >= 11 is 1.48. The van der Waals surface area contributed by atoms with Gasteiger partial charge in [-0.3, -0.25) is 9.59 Å². The Morgan fingerprint density at radius 3 is 2.15 bits per heavy atom. The lowest BCUT2D eigenvalue weighted by Crippen LogP contribution is -2.30. The van der Waals surface area contributed by atoms with Gasteiger partial charge in [0.25, 0.3) is 11.8 Å². The van der Waals surface area contributed by atoms with E-state index >= 15 is 0 Å². The third kappa shape index (κ3) is 7.08. The van der Waals surface area contributed by atoms with E-state index in [1.807, 2.05) is 16.8 Å². The number of benzene rings is 3. The summed E-state index contributed by atoms with van der Waals surface area (Å²) in [6.45, 7) is 0.361. The number of anilines is 1. The first-order chi connectivity index (χ1) is 18.5. The maximum atomic E-state index is 13.4. The lowest BCUT2D eigenvalue weighted by atomic mass is 10.1. The number of hydrogen-bond acceptors (Lipinski definition) is 6. The highest BCUT2D eigenvalue weighted by Crippen LogP contribution is 2.28. The molecule has 0 fully saturated rings. The molecule has 4 aromatic rings. The van der Waals surface area contributed by atoms with Gasteiger partial charge in [-0.2, -0.15) is 11.3 Å². The summed E-state index contributed by atoms with van der Waals surface area (Å²) < 4.78 is 41.0. The molecule has 202 valence electrons. The molecule has 0 saturated carbocycles. The highest BCUT2D eigenvalue weighted by Gasteiger charge is 2.31. The zero-order chi connectivity index (χ0) is 28.2. The second-order valence-corrected chi connectivity index (χ2v) is 9.40. The van der Waals surface area contributed by atoms with Crippen LogP contribution in [0.1, 0.15) is 31.8 Å². The van der Waals surface area contributed by atoms with E-state index in [4.69, 9.17) is 0 Å². The molecule has 0 spiro atoms. The largest absolute Gasteiger partial charge is 0.573 e. The molecule has 2 N–H and O–H groups in total. The number of halogens is 3. The number of alkyl halides is 3. The second kappa shape index (κ2) is 11.5. The molecule has 7 nitrogen and oxygen atoms in total. The van der Waals surface area contributed by atoms with Gasteiger partial charge in [0.2, 0.25) is 0 Å². The van der Waals surface area contributed by atoms with Gasteiger partial charge < -0.3 is 24.7 Å². The van der Waals surface area contributed by atoms with Crippen LogP contribution in [0.5, 0.6) is 17.2 Å². The van der Waals surface area contributed by atoms with Crippen LogP contribution in [0.4, 0.5) is 18.9 Å². The van der Waals surface area contributed by atoms with Crippen LogP contribution in [0, 0.1) is 0 Å². The smallest absolute Gasteiger partial charge is 0.508 e. The molecule has 0 atom stereocenters. The van der Waals surface area contributed by atoms with Crippen molar-refractivity contribution in [3.63, 3.8) is 0 Å². The predicted molar refractivity (Wildman–Crippen MR) is 140 cm³/mol. The van der Waals surface area contributed by atoms with Crippen LogP contribution in [0.25, 0.3) is 0 Å². The van der Waals surface area contributed by atoms with Gasteiger partial charge in [0.15, 0.2) is 0 Å². The molecule has 0 unspecified atom stereocenters. The van der Waals surface area contributed by atoms with Crippen molar-refractivity contribution in [2.75, 3.05) is 11.9 Å². The van der Waals surface area contributed by atoms with Crippen molar-refractivity contribution < 1.29 is 37.7 Å². The van der Waals surface area contributed by atoms with E-state index in [1.165, 1.54) is 57.5 Å². The van der Waals surface area contributed by atoms with E-state index in [0.29, 0.717) is 16.8 Å². The highest BCUT2D eigenvalue weighted by molar-refractivity contribution is 7.07. The third-order valence-corrected chi connectivity index (χ3v) is 6.46. The number of carbonyl (C=O) groups is 2. The van der Waals surface area contributed by atoms with Gasteiger partial charge in [-0.1, -0.05) is 12.1 Å². The number of phenols is 2. The van der Waals surface area contributed by atoms with E-state index in [2.05, 4.69) is 4.74 Å². The maximum Gasteiger partial charge on any atom is 0.573 e. The summed E-state index contributed by atoms with van der Waals surface area (Å²) in [6, 6.07) is 17.2. The summed E-state index contributed by atoms with van der Waals surface area (Å²) in [7, 11) is 1.57. The summed E-state index contributed by atoms with van der Waals surface area (Å²) in [4.78, 5) is 29.2. The Morgan fingerprint density at radius 2 is 1.56 bits per heavy atom. The molecule has 39 heavy (non-hydrogen) atoms. The molecule has 11 heteroatoms. The number of amides is 2. The number of phenolic OH excluding ortho intramolecular Hbond substituents is 2. The Morgan fingerprint density at radius 1 is 0.872 bits per heavy atom. The van der Waals surface area contributed by atoms with Crippen molar-refractivity contribution >= 4 is 28.8 Å². The van der Waals surface area contributed by atoms with Crippen molar-refractivity contribution in [1.29, 1.82) is 0 Å². The minimum Gasteiger partial charge on any atom is -0.508 e. The normalized spacial score (nSPS) is 11.2. The van der Waals surface area contributed by atoms with E-state index in [9.17, 15) is 33.0 Å². The van der Waals surface area contributed by atoms with Gasteiger partial charge in [-0.15, -0.1) is 13.2 Å². The SMILES string of the molecule is CN(Cc1ccc(OC(F)(F)F)cc1)C(=O)c1ccc(N(Cc2ccsc2)C(=O)c2ccc(O)cc2O)cc1. The average molecular weight is 557 g/mol. The van der Waals surface area contributed by atoms with E-state index in [1.54, 1.807) is 31.3 Å². The molecule has 0 aliphatic heterocycles. The molecule has 0 bridgehead atoms. The molecule has 1 heterocycles. The van der Waals surface area contributed by atoms with Crippen LogP contribution < -0.4 is 9.64 Å². The maximum absolute atomic E-state index is 13.4. The molecular weight excluding hydrogens is 533 g/mol. The molecule has 2 amide bonds. The Labute approximate surface area is 225 Å².